The van der Waals surface area contributed by atoms with Gasteiger partial charge in [0.25, 0.3) is 0 Å². The molecule has 0 radical (unpaired) electrons. The van der Waals surface area contributed by atoms with Crippen molar-refractivity contribution in [3.8, 4) is 17.3 Å². The molecule has 0 saturated carbocycles. The van der Waals surface area contributed by atoms with Gasteiger partial charge in [-0.15, -0.1) is 0 Å². The monoisotopic (exact) mass is 479 g/mol. The smallest absolute Gasteiger partial charge is 0.348 e. The number of alkyl halides is 3. The first kappa shape index (κ1) is 23.7. The first-order valence-corrected chi connectivity index (χ1v) is 10.7. The van der Waals surface area contributed by atoms with E-state index in [2.05, 4.69) is 30.6 Å². The molecular weight excluding hydrogens is 459 g/mol. The number of amides is 1. The molecule has 8 nitrogen and oxygen atoms in total. The fraction of sp³-hybridized carbons (Fsp3) is 0.208. The fourth-order valence-corrected chi connectivity index (χ4v) is 3.47. The summed E-state index contributed by atoms with van der Waals surface area (Å²) in [5, 5.41) is 15.7. The maximum Gasteiger partial charge on any atom is 0.417 e. The van der Waals surface area contributed by atoms with Crippen molar-refractivity contribution < 1.29 is 18.0 Å². The quantitative estimate of drug-likeness (QED) is 0.339. The van der Waals surface area contributed by atoms with Crippen molar-refractivity contribution in [1.29, 1.82) is 5.26 Å². The number of carbonyl (C=O) groups excluding carboxylic acids is 1. The van der Waals surface area contributed by atoms with Crippen LogP contribution < -0.4 is 10.6 Å². The van der Waals surface area contributed by atoms with Crippen LogP contribution in [0.5, 0.6) is 0 Å². The molecule has 0 spiro atoms. The number of carbonyl (C=O) groups is 1. The number of hydrogen-bond acceptors (Lipinski definition) is 6. The molecule has 3 heterocycles. The predicted molar refractivity (Wildman–Crippen MR) is 124 cm³/mol. The van der Waals surface area contributed by atoms with Gasteiger partial charge >= 0.3 is 6.18 Å². The molecular formula is C24H20F3N7O. The lowest BCUT2D eigenvalue weighted by Crippen LogP contribution is -2.11. The number of nitrogens with zero attached hydrogens (tertiary/aromatic N) is 4. The second kappa shape index (κ2) is 9.42. The van der Waals surface area contributed by atoms with Crippen molar-refractivity contribution in [3.63, 3.8) is 0 Å². The zero-order chi connectivity index (χ0) is 25.2. The third-order valence-corrected chi connectivity index (χ3v) is 5.38. The number of benzene rings is 1. The molecule has 0 bridgehead atoms. The number of hydrogen-bond donors (Lipinski definition) is 3. The van der Waals surface area contributed by atoms with E-state index in [4.69, 9.17) is 0 Å². The minimum Gasteiger partial charge on any atom is -0.348 e. The highest BCUT2D eigenvalue weighted by molar-refractivity contribution is 5.94. The van der Waals surface area contributed by atoms with Crippen LogP contribution in [0.1, 0.15) is 43.0 Å². The molecule has 0 aliphatic heterocycles. The van der Waals surface area contributed by atoms with E-state index in [-0.39, 0.29) is 40.2 Å². The van der Waals surface area contributed by atoms with E-state index in [0.717, 1.165) is 17.8 Å². The Hall–Kier alpha value is -4.46. The zero-order valence-corrected chi connectivity index (χ0v) is 18.7. The molecule has 0 fully saturated rings. The molecule has 1 aromatic carbocycles. The van der Waals surface area contributed by atoms with Crippen LogP contribution in [0, 0.1) is 11.3 Å². The van der Waals surface area contributed by atoms with Crippen LogP contribution in [0.4, 0.5) is 24.8 Å². The molecule has 1 amide bonds. The third-order valence-electron chi connectivity index (χ3n) is 5.38. The summed E-state index contributed by atoms with van der Waals surface area (Å²) >= 11 is 0. The first-order chi connectivity index (χ1) is 16.7. The molecule has 0 aliphatic rings. The normalized spacial score (nSPS) is 12.2. The van der Waals surface area contributed by atoms with Crippen molar-refractivity contribution in [1.82, 2.24) is 19.9 Å². The first-order valence-electron chi connectivity index (χ1n) is 10.7. The summed E-state index contributed by atoms with van der Waals surface area (Å²) in [5.74, 6) is 0.112. The van der Waals surface area contributed by atoms with Crippen LogP contribution in [0.15, 0.2) is 48.9 Å². The predicted octanol–water partition coefficient (Wildman–Crippen LogP) is 5.43. The number of H-pyrrole nitrogens is 1. The highest BCUT2D eigenvalue weighted by Gasteiger charge is 2.31. The Morgan fingerprint density at radius 2 is 1.94 bits per heavy atom. The van der Waals surface area contributed by atoms with Gasteiger partial charge < -0.3 is 15.6 Å². The second-order valence-electron chi connectivity index (χ2n) is 7.78. The van der Waals surface area contributed by atoms with Crippen molar-refractivity contribution in [2.75, 3.05) is 10.6 Å². The molecule has 11 heteroatoms. The molecule has 0 unspecified atom stereocenters. The molecule has 0 saturated heterocycles. The highest BCUT2D eigenvalue weighted by Crippen LogP contribution is 2.35. The van der Waals surface area contributed by atoms with Crippen molar-refractivity contribution >= 4 is 28.6 Å². The average Bonchev–Trinajstić information content (AvgIpc) is 3.27. The lowest BCUT2D eigenvalue weighted by Gasteiger charge is -2.16. The van der Waals surface area contributed by atoms with E-state index in [1.807, 2.05) is 25.1 Å². The van der Waals surface area contributed by atoms with Gasteiger partial charge in [0.05, 0.1) is 29.1 Å². The van der Waals surface area contributed by atoms with Crippen LogP contribution >= 0.6 is 0 Å². The van der Waals surface area contributed by atoms with E-state index in [0.29, 0.717) is 17.7 Å². The SMILES string of the molecule is CCC(=O)Nc1ccc([C@@H](C)Nc2ncc(C#N)c(-c3c[nH]c4ncc(C(F)(F)F)cc34)n2)cc1. The molecule has 4 rings (SSSR count). The summed E-state index contributed by atoms with van der Waals surface area (Å²) in [6, 6.07) is 9.98. The molecule has 35 heavy (non-hydrogen) atoms. The number of aromatic nitrogens is 4. The van der Waals surface area contributed by atoms with Gasteiger partial charge in [0, 0.05) is 35.5 Å². The van der Waals surface area contributed by atoms with Crippen LogP contribution in [0.3, 0.4) is 0 Å². The van der Waals surface area contributed by atoms with Gasteiger partial charge in [-0.1, -0.05) is 19.1 Å². The van der Waals surface area contributed by atoms with E-state index >= 15 is 0 Å². The Kier molecular flexibility index (Phi) is 6.38. The second-order valence-corrected chi connectivity index (χ2v) is 7.78. The van der Waals surface area contributed by atoms with Gasteiger partial charge in [-0.3, -0.25) is 4.79 Å². The Labute approximate surface area is 198 Å². The number of nitrogens with one attached hydrogen (secondary N) is 3. The van der Waals surface area contributed by atoms with Gasteiger partial charge in [-0.25, -0.2) is 15.0 Å². The van der Waals surface area contributed by atoms with Crippen LogP contribution in [-0.4, -0.2) is 25.8 Å². The van der Waals surface area contributed by atoms with Gasteiger partial charge in [-0.05, 0) is 30.7 Å². The maximum atomic E-state index is 13.2. The molecule has 178 valence electrons. The van der Waals surface area contributed by atoms with Gasteiger partial charge in [0.15, 0.2) is 0 Å². The average molecular weight is 479 g/mol. The van der Waals surface area contributed by atoms with E-state index < -0.39 is 11.7 Å². The van der Waals surface area contributed by atoms with Gasteiger partial charge in [0.2, 0.25) is 11.9 Å². The Morgan fingerprint density at radius 1 is 1.20 bits per heavy atom. The largest absolute Gasteiger partial charge is 0.417 e. The van der Waals surface area contributed by atoms with E-state index in [1.54, 1.807) is 19.1 Å². The van der Waals surface area contributed by atoms with E-state index in [9.17, 15) is 23.2 Å². The standard InChI is InChI=1S/C24H20F3N7O/c1-3-20(35)33-17-6-4-14(5-7-17)13(2)32-23-31-10-15(9-28)21(34-23)19-12-30-22-18(19)8-16(11-29-22)24(25,26)27/h4-8,10-13H,3H2,1-2H3,(H,29,30)(H,33,35)(H,31,32,34)/t13-/m1/s1. The molecule has 3 N–H and O–H groups in total. The minimum atomic E-state index is -4.56. The number of nitriles is 1. The van der Waals surface area contributed by atoms with Crippen LogP contribution in [0.25, 0.3) is 22.3 Å². The van der Waals surface area contributed by atoms with Crippen LogP contribution in [-0.2, 0) is 11.0 Å². The Balaban J connectivity index is 1.64. The van der Waals surface area contributed by atoms with Crippen molar-refractivity contribution in [3.05, 3.63) is 65.6 Å². The minimum absolute atomic E-state index is 0.0859. The zero-order valence-electron chi connectivity index (χ0n) is 18.7. The summed E-state index contributed by atoms with van der Waals surface area (Å²) < 4.78 is 39.7. The summed E-state index contributed by atoms with van der Waals surface area (Å²) in [4.78, 5) is 26.8. The summed E-state index contributed by atoms with van der Waals surface area (Å²) in [5.41, 5.74) is 1.51. The van der Waals surface area contributed by atoms with Crippen molar-refractivity contribution in [2.24, 2.45) is 0 Å². The Bertz CT molecular complexity index is 1420. The van der Waals surface area contributed by atoms with Gasteiger partial charge in [-0.2, -0.15) is 18.4 Å². The number of rotatable bonds is 6. The van der Waals surface area contributed by atoms with Gasteiger partial charge in [0.1, 0.15) is 11.7 Å². The molecule has 0 aliphatic carbocycles. The summed E-state index contributed by atoms with van der Waals surface area (Å²) in [7, 11) is 0. The number of pyridine rings is 1. The molecule has 4 aromatic rings. The lowest BCUT2D eigenvalue weighted by atomic mass is 10.1. The number of aromatic amines is 1. The molecule has 3 aromatic heterocycles. The maximum absolute atomic E-state index is 13.2. The third kappa shape index (κ3) is 5.06. The summed E-state index contributed by atoms with van der Waals surface area (Å²) in [6.45, 7) is 3.65. The summed E-state index contributed by atoms with van der Waals surface area (Å²) in [6.07, 6.45) is -0.641. The topological polar surface area (TPSA) is 119 Å². The number of halogens is 3. The van der Waals surface area contributed by atoms with Crippen molar-refractivity contribution in [2.45, 2.75) is 32.5 Å². The molecule has 1 atom stereocenters. The van der Waals surface area contributed by atoms with Crippen LogP contribution in [0.2, 0.25) is 0 Å². The highest BCUT2D eigenvalue weighted by atomic mass is 19.4. The fourth-order valence-electron chi connectivity index (χ4n) is 3.47. The lowest BCUT2D eigenvalue weighted by molar-refractivity contribution is -0.137. The Morgan fingerprint density at radius 3 is 2.60 bits per heavy atom. The number of anilines is 2. The number of fused-ring (bicyclic) bond motifs is 1. The van der Waals surface area contributed by atoms with E-state index in [1.165, 1.54) is 12.4 Å².